The van der Waals surface area contributed by atoms with Gasteiger partial charge in [-0.1, -0.05) is 24.3 Å². The second kappa shape index (κ2) is 7.53. The van der Waals surface area contributed by atoms with Crippen LogP contribution in [0.15, 0.2) is 30.3 Å². The van der Waals surface area contributed by atoms with Crippen molar-refractivity contribution in [1.29, 1.82) is 0 Å². The van der Waals surface area contributed by atoms with E-state index in [1.165, 1.54) is 6.07 Å². The van der Waals surface area contributed by atoms with Gasteiger partial charge in [0.25, 0.3) is 0 Å². The predicted molar refractivity (Wildman–Crippen MR) is 72.3 cm³/mol. The highest BCUT2D eigenvalue weighted by atomic mass is 31.2. The van der Waals surface area contributed by atoms with Gasteiger partial charge in [-0.15, -0.1) is 0 Å². The lowest BCUT2D eigenvalue weighted by atomic mass is 10.1. The summed E-state index contributed by atoms with van der Waals surface area (Å²) < 4.78 is 53.0. The molecule has 0 unspecified atom stereocenters. The highest BCUT2D eigenvalue weighted by molar-refractivity contribution is 7.48. The van der Waals surface area contributed by atoms with Crippen molar-refractivity contribution < 1.29 is 26.9 Å². The summed E-state index contributed by atoms with van der Waals surface area (Å²) in [5.41, 5.74) is 0.710. The molecule has 0 saturated carbocycles. The first kappa shape index (κ1) is 16.8. The van der Waals surface area contributed by atoms with E-state index in [2.05, 4.69) is 0 Å². The maximum absolute atomic E-state index is 13.1. The number of aryl methyl sites for hydroxylation is 1. The summed E-state index contributed by atoms with van der Waals surface area (Å²) in [5, 5.41) is 0. The van der Waals surface area contributed by atoms with E-state index in [-0.39, 0.29) is 18.8 Å². The number of hydrogen-bond acceptors (Lipinski definition) is 4. The number of rotatable bonds is 7. The molecule has 7 heteroatoms. The van der Waals surface area contributed by atoms with Crippen LogP contribution in [0.5, 0.6) is 0 Å². The van der Waals surface area contributed by atoms with Crippen LogP contribution >= 0.6 is 7.82 Å². The average molecular weight is 306 g/mol. The molecule has 20 heavy (non-hydrogen) atoms. The zero-order chi connectivity index (χ0) is 15.2. The Kier molecular flexibility index (Phi) is 6.33. The minimum Gasteiger partial charge on any atom is -0.398 e. The van der Waals surface area contributed by atoms with Crippen LogP contribution in [0.25, 0.3) is 5.76 Å². The summed E-state index contributed by atoms with van der Waals surface area (Å²) in [4.78, 5) is 0. The molecule has 1 rings (SSSR count). The molecule has 1 aromatic carbocycles. The molecule has 0 aliphatic heterocycles. The van der Waals surface area contributed by atoms with Crippen LogP contribution in [0.4, 0.5) is 8.78 Å². The molecule has 0 spiro atoms. The molecule has 0 bridgehead atoms. The van der Waals surface area contributed by atoms with Crippen LogP contribution in [0, 0.1) is 6.92 Å². The van der Waals surface area contributed by atoms with E-state index >= 15 is 0 Å². The average Bonchev–Trinajstić information content (AvgIpc) is 2.37. The van der Waals surface area contributed by atoms with E-state index < -0.39 is 19.7 Å². The van der Waals surface area contributed by atoms with Gasteiger partial charge < -0.3 is 4.52 Å². The topological polar surface area (TPSA) is 44.8 Å². The Labute approximate surface area is 117 Å². The third-order valence-electron chi connectivity index (χ3n) is 2.34. The number of phosphoric acid groups is 1. The highest BCUT2D eigenvalue weighted by Crippen LogP contribution is 2.53. The molecule has 1 aromatic rings. The second-order valence-corrected chi connectivity index (χ2v) is 5.37. The fourth-order valence-corrected chi connectivity index (χ4v) is 2.73. The number of hydrogen-bond donors (Lipinski definition) is 0. The van der Waals surface area contributed by atoms with Crippen LogP contribution < -0.4 is 0 Å². The number of halogens is 2. The summed E-state index contributed by atoms with van der Waals surface area (Å²) in [5.74, 6) is -0.784. The van der Waals surface area contributed by atoms with Crippen LogP contribution in [0.2, 0.25) is 0 Å². The van der Waals surface area contributed by atoms with Crippen LogP contribution in [-0.4, -0.2) is 13.2 Å². The highest BCUT2D eigenvalue weighted by Gasteiger charge is 2.31. The maximum atomic E-state index is 13.1. The monoisotopic (exact) mass is 306 g/mol. The second-order valence-electron chi connectivity index (χ2n) is 3.78. The van der Waals surface area contributed by atoms with Crippen molar-refractivity contribution in [3.63, 3.8) is 0 Å². The Morgan fingerprint density at radius 2 is 1.70 bits per heavy atom. The molecule has 0 radical (unpaired) electrons. The van der Waals surface area contributed by atoms with E-state index in [1.54, 1.807) is 39.0 Å². The molecular weight excluding hydrogens is 289 g/mol. The zero-order valence-electron chi connectivity index (χ0n) is 11.6. The van der Waals surface area contributed by atoms with Gasteiger partial charge in [0.05, 0.1) is 13.2 Å². The van der Waals surface area contributed by atoms with Crippen molar-refractivity contribution in [2.24, 2.45) is 0 Å². The third-order valence-corrected chi connectivity index (χ3v) is 3.89. The van der Waals surface area contributed by atoms with E-state index in [0.717, 1.165) is 0 Å². The maximum Gasteiger partial charge on any atom is 0.530 e. The van der Waals surface area contributed by atoms with E-state index in [0.29, 0.717) is 5.56 Å². The molecule has 0 N–H and O–H groups in total. The first-order valence-corrected chi connectivity index (χ1v) is 7.59. The molecule has 0 atom stereocenters. The van der Waals surface area contributed by atoms with Gasteiger partial charge >= 0.3 is 13.9 Å². The van der Waals surface area contributed by atoms with E-state index in [1.807, 2.05) is 0 Å². The van der Waals surface area contributed by atoms with Crippen molar-refractivity contribution in [3.8, 4) is 0 Å². The van der Waals surface area contributed by atoms with Gasteiger partial charge in [0.2, 0.25) is 5.76 Å². The largest absolute Gasteiger partial charge is 0.530 e. The van der Waals surface area contributed by atoms with Gasteiger partial charge in [-0.3, -0.25) is 9.05 Å². The van der Waals surface area contributed by atoms with Crippen LogP contribution in [0.3, 0.4) is 0 Å². The van der Waals surface area contributed by atoms with Crippen LogP contribution in [0.1, 0.15) is 25.0 Å². The molecule has 0 aliphatic rings. The fraction of sp³-hybridized carbons (Fsp3) is 0.385. The minimum atomic E-state index is -4.05. The summed E-state index contributed by atoms with van der Waals surface area (Å²) >= 11 is 0. The molecule has 4 nitrogen and oxygen atoms in total. The number of phosphoric ester groups is 1. The van der Waals surface area contributed by atoms with Gasteiger partial charge in [-0.25, -0.2) is 4.57 Å². The molecule has 0 amide bonds. The number of benzene rings is 1. The van der Waals surface area contributed by atoms with Crippen molar-refractivity contribution in [2.75, 3.05) is 13.2 Å². The standard InChI is InChI=1S/C13H17F2O4P/c1-4-17-20(16,18-5-2)19-12(13(14)15)11-9-7-6-8-10(11)3/h6-9H,4-5H2,1-3H3. The lowest BCUT2D eigenvalue weighted by Gasteiger charge is -2.19. The normalized spacial score (nSPS) is 11.2. The van der Waals surface area contributed by atoms with Crippen molar-refractivity contribution in [3.05, 3.63) is 41.5 Å². The Hall–Kier alpha value is -1.23. The van der Waals surface area contributed by atoms with Gasteiger partial charge in [0, 0.05) is 5.56 Å². The molecule has 0 saturated heterocycles. The van der Waals surface area contributed by atoms with E-state index in [9.17, 15) is 13.3 Å². The van der Waals surface area contributed by atoms with Gasteiger partial charge in [0.1, 0.15) is 0 Å². The van der Waals surface area contributed by atoms with E-state index in [4.69, 9.17) is 13.6 Å². The van der Waals surface area contributed by atoms with Gasteiger partial charge in [-0.2, -0.15) is 8.78 Å². The van der Waals surface area contributed by atoms with Crippen molar-refractivity contribution in [2.45, 2.75) is 20.8 Å². The van der Waals surface area contributed by atoms with Gasteiger partial charge in [-0.05, 0) is 26.3 Å². The fourth-order valence-electron chi connectivity index (χ4n) is 1.53. The Balaban J connectivity index is 3.15. The van der Waals surface area contributed by atoms with Gasteiger partial charge in [0.15, 0.2) is 0 Å². The lowest BCUT2D eigenvalue weighted by molar-refractivity contribution is 0.156. The molecular formula is C13H17F2O4P. The molecule has 0 aliphatic carbocycles. The smallest absolute Gasteiger partial charge is 0.398 e. The quantitative estimate of drug-likeness (QED) is 0.538. The molecule has 0 aromatic heterocycles. The minimum absolute atomic E-state index is 0.0201. The Morgan fingerprint density at radius 1 is 1.15 bits per heavy atom. The Morgan fingerprint density at radius 3 is 2.15 bits per heavy atom. The molecule has 0 fully saturated rings. The summed E-state index contributed by atoms with van der Waals surface area (Å²) in [6, 6.07) is 6.39. The summed E-state index contributed by atoms with van der Waals surface area (Å²) in [7, 11) is -4.05. The summed E-state index contributed by atoms with van der Waals surface area (Å²) in [6.07, 6.45) is -2.08. The Bertz CT molecular complexity index is 517. The zero-order valence-corrected chi connectivity index (χ0v) is 12.5. The predicted octanol–water partition coefficient (Wildman–Crippen LogP) is 4.76. The lowest BCUT2D eigenvalue weighted by Crippen LogP contribution is -2.02. The first-order chi connectivity index (χ1) is 9.43. The van der Waals surface area contributed by atoms with Crippen LogP contribution in [-0.2, 0) is 18.1 Å². The third kappa shape index (κ3) is 4.40. The van der Waals surface area contributed by atoms with Crippen molar-refractivity contribution >= 4 is 13.6 Å². The first-order valence-electron chi connectivity index (χ1n) is 6.13. The summed E-state index contributed by atoms with van der Waals surface area (Å²) in [6.45, 7) is 4.82. The molecule has 112 valence electrons. The molecule has 0 heterocycles. The van der Waals surface area contributed by atoms with Crippen molar-refractivity contribution in [1.82, 2.24) is 0 Å². The SMILES string of the molecule is CCOP(=O)(OCC)OC(=C(F)F)c1ccccc1C.